The summed E-state index contributed by atoms with van der Waals surface area (Å²) in [5, 5.41) is 5.81. The number of likely N-dealkylation sites (tertiary alicyclic amines) is 1. The molecule has 7 rings (SSSR count). The molecule has 2 fully saturated rings. The monoisotopic (exact) mass is 650 g/mol. The second kappa shape index (κ2) is 12.1. The van der Waals surface area contributed by atoms with Crippen molar-refractivity contribution in [2.24, 2.45) is 0 Å². The van der Waals surface area contributed by atoms with Crippen molar-refractivity contribution >= 4 is 58.4 Å². The maximum Gasteiger partial charge on any atom is 0.274 e. The average molecular weight is 652 g/mol. The van der Waals surface area contributed by atoms with Crippen molar-refractivity contribution in [3.05, 3.63) is 105 Å². The van der Waals surface area contributed by atoms with Gasteiger partial charge >= 0.3 is 0 Å². The number of benzene rings is 2. The lowest BCUT2D eigenvalue weighted by molar-refractivity contribution is 0.00807. The highest BCUT2D eigenvalue weighted by atomic mass is 35.5. The first kappa shape index (κ1) is 29.2. The van der Waals surface area contributed by atoms with Gasteiger partial charge in [-0.2, -0.15) is 16.9 Å². The van der Waals surface area contributed by atoms with E-state index in [1.807, 2.05) is 28.0 Å². The van der Waals surface area contributed by atoms with E-state index >= 15 is 0 Å². The smallest absolute Gasteiger partial charge is 0.274 e. The normalized spacial score (nSPS) is 18.4. The zero-order valence-corrected chi connectivity index (χ0v) is 26.0. The van der Waals surface area contributed by atoms with E-state index in [-0.39, 0.29) is 23.7 Å². The van der Waals surface area contributed by atoms with Crippen LogP contribution in [0.2, 0.25) is 10.0 Å². The molecule has 5 heterocycles. The molecule has 1 N–H and O–H groups in total. The SMILES string of the molecule is O=C(c1ccc[nH]1)N1CCN(C2CN(C(=O)c3nn(-c4ccc(Cl)cc4Cl)c4c3CSC/C4=C\c3ccc(F)cc3)C2)CC1. The van der Waals surface area contributed by atoms with Crippen LogP contribution in [0.4, 0.5) is 4.39 Å². The second-order valence-corrected chi connectivity index (χ2v) is 13.0. The molecule has 0 saturated carbocycles. The van der Waals surface area contributed by atoms with Crippen LogP contribution in [-0.4, -0.2) is 92.3 Å². The van der Waals surface area contributed by atoms with E-state index in [1.54, 1.807) is 53.0 Å². The molecule has 12 heteroatoms. The number of amides is 2. The van der Waals surface area contributed by atoms with E-state index in [2.05, 4.69) is 9.88 Å². The number of piperazine rings is 1. The van der Waals surface area contributed by atoms with Crippen molar-refractivity contribution in [1.82, 2.24) is 29.5 Å². The van der Waals surface area contributed by atoms with Crippen LogP contribution in [0.15, 0.2) is 60.8 Å². The Morgan fingerprint density at radius 3 is 2.43 bits per heavy atom. The van der Waals surface area contributed by atoms with Crippen molar-refractivity contribution in [1.29, 1.82) is 0 Å². The summed E-state index contributed by atoms with van der Waals surface area (Å²) in [6.07, 6.45) is 3.77. The molecule has 2 aromatic carbocycles. The van der Waals surface area contributed by atoms with Crippen molar-refractivity contribution in [2.75, 3.05) is 45.0 Å². The Bertz CT molecular complexity index is 1740. The van der Waals surface area contributed by atoms with E-state index in [0.717, 1.165) is 35.5 Å². The van der Waals surface area contributed by atoms with E-state index < -0.39 is 0 Å². The molecule has 0 unspecified atom stereocenters. The lowest BCUT2D eigenvalue weighted by atomic mass is 10.0. The number of aromatic nitrogens is 3. The topological polar surface area (TPSA) is 77.5 Å². The summed E-state index contributed by atoms with van der Waals surface area (Å²) in [6, 6.07) is 15.4. The Labute approximate surface area is 268 Å². The lowest BCUT2D eigenvalue weighted by Crippen LogP contribution is -2.64. The molecule has 0 radical (unpaired) electrons. The number of carbonyl (C=O) groups is 2. The molecule has 0 aliphatic carbocycles. The van der Waals surface area contributed by atoms with Crippen LogP contribution < -0.4 is 0 Å². The molecule has 2 amide bonds. The molecule has 0 bridgehead atoms. The van der Waals surface area contributed by atoms with Crippen LogP contribution in [0.25, 0.3) is 17.3 Å². The van der Waals surface area contributed by atoms with Crippen LogP contribution in [0.1, 0.15) is 37.8 Å². The van der Waals surface area contributed by atoms with Gasteiger partial charge in [-0.25, -0.2) is 9.07 Å². The van der Waals surface area contributed by atoms with Crippen molar-refractivity contribution in [2.45, 2.75) is 11.8 Å². The minimum Gasteiger partial charge on any atom is -0.357 e. The van der Waals surface area contributed by atoms with Gasteiger partial charge in [0.05, 0.1) is 16.4 Å². The van der Waals surface area contributed by atoms with E-state index in [0.29, 0.717) is 64.8 Å². The lowest BCUT2D eigenvalue weighted by Gasteiger charge is -2.48. The Morgan fingerprint density at radius 2 is 1.73 bits per heavy atom. The summed E-state index contributed by atoms with van der Waals surface area (Å²) in [4.78, 5) is 35.7. The second-order valence-electron chi connectivity index (χ2n) is 11.2. The summed E-state index contributed by atoms with van der Waals surface area (Å²) in [7, 11) is 0. The fourth-order valence-corrected chi connectivity index (χ4v) is 7.55. The minimum absolute atomic E-state index is 0.0203. The number of aromatic amines is 1. The number of hydrogen-bond acceptors (Lipinski definition) is 5. The van der Waals surface area contributed by atoms with Gasteiger partial charge in [-0.1, -0.05) is 35.3 Å². The van der Waals surface area contributed by atoms with Gasteiger partial charge in [0.25, 0.3) is 11.8 Å². The highest BCUT2D eigenvalue weighted by Crippen LogP contribution is 2.39. The van der Waals surface area contributed by atoms with Crippen LogP contribution in [0.3, 0.4) is 0 Å². The average Bonchev–Trinajstić information content (AvgIpc) is 3.67. The van der Waals surface area contributed by atoms with E-state index in [9.17, 15) is 14.0 Å². The molecule has 3 aliphatic rings. The van der Waals surface area contributed by atoms with Crippen LogP contribution in [-0.2, 0) is 5.75 Å². The summed E-state index contributed by atoms with van der Waals surface area (Å²) in [5.74, 6) is 0.962. The molecule has 8 nitrogen and oxygen atoms in total. The predicted octanol–water partition coefficient (Wildman–Crippen LogP) is 5.72. The minimum atomic E-state index is -0.295. The van der Waals surface area contributed by atoms with Gasteiger partial charge in [-0.15, -0.1) is 0 Å². The number of thioether (sulfide) groups is 1. The Hall–Kier alpha value is -3.57. The highest BCUT2D eigenvalue weighted by molar-refractivity contribution is 7.99. The first-order valence-electron chi connectivity index (χ1n) is 14.4. The third-order valence-electron chi connectivity index (χ3n) is 8.44. The molecule has 226 valence electrons. The molecule has 0 atom stereocenters. The van der Waals surface area contributed by atoms with Crippen molar-refractivity contribution < 1.29 is 14.0 Å². The standard InChI is InChI=1S/C32H29Cl2FN6O2S/c33-22-5-8-28(26(34)15-22)41-30-21(14-20-3-6-23(35)7-4-20)18-44-19-25(30)29(37-41)32(43)40-16-24(17-40)38-10-12-39(13-11-38)31(42)27-2-1-9-36-27/h1-9,14-15,24,36H,10-13,16-19H2/b21-14+. The van der Waals surface area contributed by atoms with Gasteiger partial charge in [0.2, 0.25) is 0 Å². The van der Waals surface area contributed by atoms with Gasteiger partial charge < -0.3 is 14.8 Å². The Morgan fingerprint density at radius 1 is 0.955 bits per heavy atom. The van der Waals surface area contributed by atoms with Crippen molar-refractivity contribution in [3.63, 3.8) is 0 Å². The number of hydrogen-bond donors (Lipinski definition) is 1. The largest absolute Gasteiger partial charge is 0.357 e. The molecular weight excluding hydrogens is 622 g/mol. The molecular formula is C32H29Cl2FN6O2S. The summed E-state index contributed by atoms with van der Waals surface area (Å²) in [5.41, 5.74) is 5.20. The van der Waals surface area contributed by atoms with Gasteiger partial charge in [0.15, 0.2) is 5.69 Å². The molecule has 3 aliphatic heterocycles. The molecule has 0 spiro atoms. The third-order valence-corrected chi connectivity index (χ3v) is 9.98. The number of halogens is 3. The fourth-order valence-electron chi connectivity index (χ4n) is 6.04. The van der Waals surface area contributed by atoms with Gasteiger partial charge in [-0.3, -0.25) is 14.5 Å². The van der Waals surface area contributed by atoms with Crippen LogP contribution in [0.5, 0.6) is 0 Å². The summed E-state index contributed by atoms with van der Waals surface area (Å²) < 4.78 is 15.4. The quantitative estimate of drug-likeness (QED) is 0.299. The van der Waals surface area contributed by atoms with Gasteiger partial charge in [0.1, 0.15) is 11.5 Å². The number of carbonyl (C=O) groups excluding carboxylic acids is 2. The van der Waals surface area contributed by atoms with Crippen molar-refractivity contribution in [3.8, 4) is 5.69 Å². The maximum atomic E-state index is 13.9. The van der Waals surface area contributed by atoms with Gasteiger partial charge in [0, 0.05) is 73.6 Å². The van der Waals surface area contributed by atoms with E-state index in [1.165, 1.54) is 12.1 Å². The fraction of sp³-hybridized carbons (Fsp3) is 0.281. The number of nitrogens with zero attached hydrogens (tertiary/aromatic N) is 5. The first-order valence-corrected chi connectivity index (χ1v) is 16.3. The highest BCUT2D eigenvalue weighted by Gasteiger charge is 2.40. The molecule has 2 saturated heterocycles. The van der Waals surface area contributed by atoms with Crippen LogP contribution in [0, 0.1) is 5.82 Å². The Balaban J connectivity index is 1.12. The first-order chi connectivity index (χ1) is 21.4. The number of rotatable bonds is 5. The zero-order valence-electron chi connectivity index (χ0n) is 23.7. The number of fused-ring (bicyclic) bond motifs is 1. The van der Waals surface area contributed by atoms with E-state index in [4.69, 9.17) is 28.3 Å². The maximum absolute atomic E-state index is 13.9. The van der Waals surface area contributed by atoms with Gasteiger partial charge in [-0.05, 0) is 59.7 Å². The molecule has 44 heavy (non-hydrogen) atoms. The zero-order chi connectivity index (χ0) is 30.4. The molecule has 4 aromatic rings. The number of H-pyrrole nitrogens is 1. The summed E-state index contributed by atoms with van der Waals surface area (Å²) in [6.45, 7) is 4.07. The Kier molecular flexibility index (Phi) is 8.01. The number of nitrogens with one attached hydrogen (secondary N) is 1. The third kappa shape index (κ3) is 5.56. The van der Waals surface area contributed by atoms with Crippen LogP contribution >= 0.6 is 35.0 Å². The summed E-state index contributed by atoms with van der Waals surface area (Å²) >= 11 is 14.6. The predicted molar refractivity (Wildman–Crippen MR) is 172 cm³/mol. The molecule has 2 aromatic heterocycles.